The highest BCUT2D eigenvalue weighted by Gasteiger charge is 2.24. The Balaban J connectivity index is 2.78. The molecule has 1 rings (SSSR count). The monoisotopic (exact) mass is 235 g/mol. The molecule has 1 unspecified atom stereocenters. The largest absolute Gasteiger partial charge is 0.497 e. The van der Waals surface area contributed by atoms with Gasteiger partial charge in [0.15, 0.2) is 0 Å². The van der Waals surface area contributed by atoms with E-state index in [2.05, 4.69) is 44.3 Å². The fourth-order valence-corrected chi connectivity index (χ4v) is 2.01. The predicted molar refractivity (Wildman–Crippen MR) is 73.6 cm³/mol. The lowest BCUT2D eigenvalue weighted by Crippen LogP contribution is -2.31. The lowest BCUT2D eigenvalue weighted by Gasteiger charge is -2.30. The van der Waals surface area contributed by atoms with Gasteiger partial charge in [-0.15, -0.1) is 0 Å². The van der Waals surface area contributed by atoms with Gasteiger partial charge in [-0.05, 0) is 49.0 Å². The Bertz CT molecular complexity index is 341. The highest BCUT2D eigenvalue weighted by molar-refractivity contribution is 5.28. The van der Waals surface area contributed by atoms with Crippen molar-refractivity contribution in [1.29, 1.82) is 0 Å². The minimum Gasteiger partial charge on any atom is -0.497 e. The molecule has 0 saturated carbocycles. The van der Waals surface area contributed by atoms with E-state index in [-0.39, 0.29) is 0 Å². The summed E-state index contributed by atoms with van der Waals surface area (Å²) in [6, 6.07) is 8.37. The Hall–Kier alpha value is -1.02. The average molecular weight is 235 g/mol. The lowest BCUT2D eigenvalue weighted by molar-refractivity contribution is 0.234. The number of methoxy groups -OCH3 is 1. The van der Waals surface area contributed by atoms with Crippen LogP contribution >= 0.6 is 0 Å². The number of hydrogen-bond donors (Lipinski definition) is 1. The van der Waals surface area contributed by atoms with E-state index in [1.807, 2.05) is 13.1 Å². The molecule has 0 saturated heterocycles. The zero-order chi connectivity index (χ0) is 12.9. The van der Waals surface area contributed by atoms with E-state index in [0.717, 1.165) is 18.7 Å². The first-order chi connectivity index (χ1) is 7.97. The Kier molecular flexibility index (Phi) is 5.01. The Morgan fingerprint density at radius 3 is 2.53 bits per heavy atom. The van der Waals surface area contributed by atoms with Crippen molar-refractivity contribution < 1.29 is 4.74 Å². The van der Waals surface area contributed by atoms with Crippen molar-refractivity contribution >= 4 is 0 Å². The van der Waals surface area contributed by atoms with Crippen molar-refractivity contribution in [3.8, 4) is 5.75 Å². The first kappa shape index (κ1) is 14.0. The van der Waals surface area contributed by atoms with Crippen LogP contribution in [0.4, 0.5) is 0 Å². The maximum Gasteiger partial charge on any atom is 0.119 e. The maximum absolute atomic E-state index is 5.27. The molecule has 0 bridgehead atoms. The van der Waals surface area contributed by atoms with E-state index < -0.39 is 0 Å². The molecule has 0 radical (unpaired) electrons. The van der Waals surface area contributed by atoms with Crippen molar-refractivity contribution in [3.63, 3.8) is 0 Å². The van der Waals surface area contributed by atoms with Gasteiger partial charge in [0.1, 0.15) is 5.75 Å². The second-order valence-electron chi connectivity index (χ2n) is 5.68. The molecule has 0 spiro atoms. The van der Waals surface area contributed by atoms with Crippen molar-refractivity contribution in [2.45, 2.75) is 27.2 Å². The third-order valence-corrected chi connectivity index (χ3v) is 3.29. The summed E-state index contributed by atoms with van der Waals surface area (Å²) in [4.78, 5) is 0. The average Bonchev–Trinajstić information content (AvgIpc) is 2.27. The van der Waals surface area contributed by atoms with Gasteiger partial charge in [-0.1, -0.05) is 32.9 Å². The smallest absolute Gasteiger partial charge is 0.119 e. The van der Waals surface area contributed by atoms with Crippen molar-refractivity contribution in [2.75, 3.05) is 20.7 Å². The molecule has 0 aliphatic carbocycles. The van der Waals surface area contributed by atoms with Crippen molar-refractivity contribution in [1.82, 2.24) is 5.32 Å². The van der Waals surface area contributed by atoms with Crippen molar-refractivity contribution in [2.24, 2.45) is 11.3 Å². The van der Waals surface area contributed by atoms with Crippen LogP contribution in [0.25, 0.3) is 0 Å². The summed E-state index contributed by atoms with van der Waals surface area (Å²) in [5.41, 5.74) is 1.66. The van der Waals surface area contributed by atoms with Crippen LogP contribution in [0.3, 0.4) is 0 Å². The van der Waals surface area contributed by atoms with Gasteiger partial charge in [-0.2, -0.15) is 0 Å². The lowest BCUT2D eigenvalue weighted by atomic mass is 9.77. The fourth-order valence-electron chi connectivity index (χ4n) is 2.01. The van der Waals surface area contributed by atoms with E-state index >= 15 is 0 Å². The van der Waals surface area contributed by atoms with Gasteiger partial charge >= 0.3 is 0 Å². The number of ether oxygens (including phenoxy) is 1. The second kappa shape index (κ2) is 6.06. The summed E-state index contributed by atoms with van der Waals surface area (Å²) in [6.45, 7) is 7.94. The topological polar surface area (TPSA) is 21.3 Å². The van der Waals surface area contributed by atoms with Gasteiger partial charge in [0, 0.05) is 0 Å². The third kappa shape index (κ3) is 4.39. The number of rotatable bonds is 5. The van der Waals surface area contributed by atoms with Crippen LogP contribution in [0.1, 0.15) is 26.3 Å². The van der Waals surface area contributed by atoms with Crippen LogP contribution in [0, 0.1) is 11.3 Å². The predicted octanol–water partition coefficient (Wildman–Crippen LogP) is 3.12. The van der Waals surface area contributed by atoms with Crippen LogP contribution in [0.15, 0.2) is 24.3 Å². The van der Waals surface area contributed by atoms with E-state index in [4.69, 9.17) is 4.74 Å². The van der Waals surface area contributed by atoms with E-state index in [0.29, 0.717) is 11.3 Å². The van der Waals surface area contributed by atoms with Crippen molar-refractivity contribution in [3.05, 3.63) is 29.8 Å². The Morgan fingerprint density at radius 2 is 2.00 bits per heavy atom. The zero-order valence-electron chi connectivity index (χ0n) is 11.7. The Labute approximate surface area is 105 Å². The molecule has 17 heavy (non-hydrogen) atoms. The first-order valence-corrected chi connectivity index (χ1v) is 6.25. The molecule has 0 fully saturated rings. The first-order valence-electron chi connectivity index (χ1n) is 6.25. The standard InChI is InChI=1S/C15H25NO/c1-15(2,3)13(11-16-4)9-12-7-6-8-14(10-12)17-5/h6-8,10,13,16H,9,11H2,1-5H3. The summed E-state index contributed by atoms with van der Waals surface area (Å²) < 4.78 is 5.27. The molecule has 0 heterocycles. The second-order valence-corrected chi connectivity index (χ2v) is 5.68. The van der Waals surface area contributed by atoms with E-state index in [1.54, 1.807) is 7.11 Å². The summed E-state index contributed by atoms with van der Waals surface area (Å²) in [5, 5.41) is 3.29. The Morgan fingerprint density at radius 1 is 1.29 bits per heavy atom. The van der Waals surface area contributed by atoms with Gasteiger partial charge in [-0.3, -0.25) is 0 Å². The summed E-state index contributed by atoms with van der Waals surface area (Å²) >= 11 is 0. The van der Waals surface area contributed by atoms with Gasteiger partial charge in [0.05, 0.1) is 7.11 Å². The highest BCUT2D eigenvalue weighted by atomic mass is 16.5. The quantitative estimate of drug-likeness (QED) is 0.846. The van der Waals surface area contributed by atoms with Gasteiger partial charge in [0.25, 0.3) is 0 Å². The maximum atomic E-state index is 5.27. The minimum atomic E-state index is 0.312. The molecule has 1 aromatic rings. The third-order valence-electron chi connectivity index (χ3n) is 3.29. The van der Waals surface area contributed by atoms with Crippen LogP contribution in [0.5, 0.6) is 5.75 Å². The highest BCUT2D eigenvalue weighted by Crippen LogP contribution is 2.29. The van der Waals surface area contributed by atoms with Gasteiger partial charge in [0.2, 0.25) is 0 Å². The molecule has 2 nitrogen and oxygen atoms in total. The molecule has 96 valence electrons. The normalized spacial score (nSPS) is 13.5. The van der Waals surface area contributed by atoms with Crippen LogP contribution in [0.2, 0.25) is 0 Å². The summed E-state index contributed by atoms with van der Waals surface area (Å²) in [6.07, 6.45) is 1.08. The molecule has 0 aliphatic rings. The molecule has 0 aliphatic heterocycles. The number of benzene rings is 1. The number of hydrogen-bond acceptors (Lipinski definition) is 2. The summed E-state index contributed by atoms with van der Waals surface area (Å²) in [7, 11) is 3.73. The van der Waals surface area contributed by atoms with Crippen LogP contribution < -0.4 is 10.1 Å². The van der Waals surface area contributed by atoms with Gasteiger partial charge in [-0.25, -0.2) is 0 Å². The van der Waals surface area contributed by atoms with E-state index in [9.17, 15) is 0 Å². The van der Waals surface area contributed by atoms with E-state index in [1.165, 1.54) is 5.56 Å². The molecule has 2 heteroatoms. The van der Waals surface area contributed by atoms with Crippen LogP contribution in [-0.4, -0.2) is 20.7 Å². The minimum absolute atomic E-state index is 0.312. The SMILES string of the molecule is CNCC(Cc1cccc(OC)c1)C(C)(C)C. The molecule has 0 amide bonds. The summed E-state index contributed by atoms with van der Waals surface area (Å²) in [5.74, 6) is 1.57. The molecule has 1 N–H and O–H groups in total. The molecule has 1 atom stereocenters. The zero-order valence-corrected chi connectivity index (χ0v) is 11.7. The molecular formula is C15H25NO. The molecular weight excluding hydrogens is 210 g/mol. The molecule has 0 aromatic heterocycles. The number of nitrogens with one attached hydrogen (secondary N) is 1. The van der Waals surface area contributed by atoms with Gasteiger partial charge < -0.3 is 10.1 Å². The fraction of sp³-hybridized carbons (Fsp3) is 0.600. The molecule has 1 aromatic carbocycles. The van der Waals surface area contributed by atoms with Crippen LogP contribution in [-0.2, 0) is 6.42 Å².